The number of pyridine rings is 1. The Bertz CT molecular complexity index is 753. The Balaban J connectivity index is 1.55. The lowest BCUT2D eigenvalue weighted by molar-refractivity contribution is -0.143. The first-order valence-corrected chi connectivity index (χ1v) is 9.43. The van der Waals surface area contributed by atoms with Crippen LogP contribution in [0.1, 0.15) is 12.6 Å². The predicted molar refractivity (Wildman–Crippen MR) is 97.5 cm³/mol. The largest absolute Gasteiger partial charge is 0.383 e. The van der Waals surface area contributed by atoms with Gasteiger partial charge in [-0.3, -0.25) is 14.6 Å². The second kappa shape index (κ2) is 7.05. The fraction of sp³-hybridized carbons (Fsp3) is 0.550. The molecule has 1 spiro atoms. The molecule has 0 N–H and O–H groups in total. The van der Waals surface area contributed by atoms with E-state index in [0.717, 1.165) is 5.69 Å². The van der Waals surface area contributed by atoms with E-state index in [1.165, 1.54) is 0 Å². The molecular weight excluding hydrogens is 346 g/mol. The van der Waals surface area contributed by atoms with Crippen molar-refractivity contribution in [2.75, 3.05) is 33.4 Å². The summed E-state index contributed by atoms with van der Waals surface area (Å²) in [6, 6.07) is 5.67. The number of hydrogen-bond donors (Lipinski definition) is 0. The van der Waals surface area contributed by atoms with Crippen LogP contribution in [0.25, 0.3) is 0 Å². The monoisotopic (exact) mass is 371 g/mol. The number of ether oxygens (including phenoxy) is 2. The molecular formula is C20H25N3O4. The minimum Gasteiger partial charge on any atom is -0.383 e. The van der Waals surface area contributed by atoms with Gasteiger partial charge in [-0.15, -0.1) is 0 Å². The van der Waals surface area contributed by atoms with Gasteiger partial charge >= 0.3 is 0 Å². The first kappa shape index (κ1) is 18.1. The van der Waals surface area contributed by atoms with Gasteiger partial charge in [-0.2, -0.15) is 0 Å². The SMILES string of the molecule is CCN(Cc1ccccn1)C(=O)C1C2C(=O)N(CCOC)C[C@@]23C=C[C@@H]1O3. The number of fused-ring (bicyclic) bond motifs is 1. The summed E-state index contributed by atoms with van der Waals surface area (Å²) in [6.07, 6.45) is 5.32. The highest BCUT2D eigenvalue weighted by atomic mass is 16.5. The molecule has 2 fully saturated rings. The minimum atomic E-state index is -0.666. The van der Waals surface area contributed by atoms with Gasteiger partial charge in [-0.1, -0.05) is 18.2 Å². The highest BCUT2D eigenvalue weighted by Crippen LogP contribution is 2.52. The lowest BCUT2D eigenvalue weighted by Gasteiger charge is -2.29. The second-order valence-electron chi connectivity index (χ2n) is 7.33. The second-order valence-corrected chi connectivity index (χ2v) is 7.33. The van der Waals surface area contributed by atoms with Crippen molar-refractivity contribution in [2.45, 2.75) is 25.2 Å². The lowest BCUT2D eigenvalue weighted by atomic mass is 9.76. The van der Waals surface area contributed by atoms with Crippen LogP contribution in [0.15, 0.2) is 36.5 Å². The number of hydrogen-bond acceptors (Lipinski definition) is 5. The quantitative estimate of drug-likeness (QED) is 0.665. The molecule has 27 heavy (non-hydrogen) atoms. The average molecular weight is 371 g/mol. The molecule has 7 nitrogen and oxygen atoms in total. The van der Waals surface area contributed by atoms with Crippen LogP contribution in [0.4, 0.5) is 0 Å². The van der Waals surface area contributed by atoms with Crippen LogP contribution in [0.3, 0.4) is 0 Å². The van der Waals surface area contributed by atoms with E-state index in [-0.39, 0.29) is 17.9 Å². The minimum absolute atomic E-state index is 0.00820. The third-order valence-electron chi connectivity index (χ3n) is 5.80. The van der Waals surface area contributed by atoms with Gasteiger partial charge in [0, 0.05) is 26.4 Å². The van der Waals surface area contributed by atoms with Crippen LogP contribution >= 0.6 is 0 Å². The van der Waals surface area contributed by atoms with Gasteiger partial charge in [0.2, 0.25) is 11.8 Å². The number of aromatic nitrogens is 1. The maximum Gasteiger partial charge on any atom is 0.230 e. The van der Waals surface area contributed by atoms with Gasteiger partial charge < -0.3 is 19.3 Å². The molecule has 2 unspecified atom stereocenters. The summed E-state index contributed by atoms with van der Waals surface area (Å²) in [5.41, 5.74) is 0.168. The maximum atomic E-state index is 13.4. The summed E-state index contributed by atoms with van der Waals surface area (Å²) in [5.74, 6) is -0.967. The van der Waals surface area contributed by atoms with Gasteiger partial charge in [-0.05, 0) is 19.1 Å². The van der Waals surface area contributed by atoms with Crippen LogP contribution in [0.2, 0.25) is 0 Å². The van der Waals surface area contributed by atoms with Gasteiger partial charge in [0.25, 0.3) is 0 Å². The number of likely N-dealkylation sites (tertiary alicyclic amines) is 1. The molecule has 2 saturated heterocycles. The first-order valence-electron chi connectivity index (χ1n) is 9.43. The highest BCUT2D eigenvalue weighted by Gasteiger charge is 2.67. The molecule has 0 saturated carbocycles. The number of rotatable bonds is 7. The molecule has 4 heterocycles. The zero-order chi connectivity index (χ0) is 19.0. The molecule has 3 aliphatic heterocycles. The lowest BCUT2D eigenvalue weighted by Crippen LogP contribution is -2.46. The molecule has 2 bridgehead atoms. The molecule has 0 radical (unpaired) electrons. The Hall–Kier alpha value is -2.25. The van der Waals surface area contributed by atoms with Crippen molar-refractivity contribution < 1.29 is 19.1 Å². The van der Waals surface area contributed by atoms with Gasteiger partial charge in [0.15, 0.2) is 0 Å². The summed E-state index contributed by atoms with van der Waals surface area (Å²) >= 11 is 0. The summed E-state index contributed by atoms with van der Waals surface area (Å²) in [5, 5.41) is 0. The Morgan fingerprint density at radius 2 is 2.33 bits per heavy atom. The van der Waals surface area contributed by atoms with E-state index in [1.54, 1.807) is 23.1 Å². The van der Waals surface area contributed by atoms with Crippen LogP contribution in [0, 0.1) is 11.8 Å². The van der Waals surface area contributed by atoms with Crippen molar-refractivity contribution in [3.05, 3.63) is 42.2 Å². The molecule has 2 amide bonds. The predicted octanol–water partition coefficient (Wildman–Crippen LogP) is 0.859. The first-order chi connectivity index (χ1) is 13.1. The molecule has 3 aliphatic rings. The Kier molecular flexibility index (Phi) is 4.74. The molecule has 0 aliphatic carbocycles. The molecule has 1 aromatic heterocycles. The van der Waals surface area contributed by atoms with Crippen molar-refractivity contribution in [2.24, 2.45) is 11.8 Å². The summed E-state index contributed by atoms with van der Waals surface area (Å²) < 4.78 is 11.3. The van der Waals surface area contributed by atoms with Crippen molar-refractivity contribution in [3.8, 4) is 0 Å². The zero-order valence-corrected chi connectivity index (χ0v) is 15.7. The van der Waals surface area contributed by atoms with Gasteiger partial charge in [-0.25, -0.2) is 0 Å². The summed E-state index contributed by atoms with van der Waals surface area (Å²) in [4.78, 5) is 34.2. The third-order valence-corrected chi connectivity index (χ3v) is 5.80. The molecule has 4 atom stereocenters. The molecule has 4 rings (SSSR count). The number of methoxy groups -OCH3 is 1. The van der Waals surface area contributed by atoms with E-state index in [9.17, 15) is 9.59 Å². The normalized spacial score (nSPS) is 30.8. The fourth-order valence-corrected chi connectivity index (χ4v) is 4.49. The van der Waals surface area contributed by atoms with E-state index in [4.69, 9.17) is 9.47 Å². The smallest absolute Gasteiger partial charge is 0.230 e. The molecule has 7 heteroatoms. The van der Waals surface area contributed by atoms with Crippen molar-refractivity contribution >= 4 is 11.8 Å². The average Bonchev–Trinajstić information content (AvgIpc) is 3.33. The Morgan fingerprint density at radius 3 is 3.04 bits per heavy atom. The van der Waals surface area contributed by atoms with Crippen molar-refractivity contribution in [3.63, 3.8) is 0 Å². The highest BCUT2D eigenvalue weighted by molar-refractivity contribution is 5.93. The van der Waals surface area contributed by atoms with Crippen LogP contribution < -0.4 is 0 Å². The number of carbonyl (C=O) groups is 2. The molecule has 0 aromatic carbocycles. The van der Waals surface area contributed by atoms with E-state index >= 15 is 0 Å². The van der Waals surface area contributed by atoms with E-state index in [0.29, 0.717) is 32.8 Å². The van der Waals surface area contributed by atoms with E-state index in [1.807, 2.05) is 37.3 Å². The third kappa shape index (κ3) is 2.95. The number of carbonyl (C=O) groups excluding carboxylic acids is 2. The topological polar surface area (TPSA) is 72.0 Å². The fourth-order valence-electron chi connectivity index (χ4n) is 4.49. The van der Waals surface area contributed by atoms with Crippen LogP contribution in [0.5, 0.6) is 0 Å². The van der Waals surface area contributed by atoms with E-state index < -0.39 is 17.4 Å². The summed E-state index contributed by atoms with van der Waals surface area (Å²) in [6.45, 7) is 4.42. The van der Waals surface area contributed by atoms with Crippen LogP contribution in [-0.4, -0.2) is 71.7 Å². The maximum absolute atomic E-state index is 13.4. The Labute approximate surface area is 158 Å². The summed E-state index contributed by atoms with van der Waals surface area (Å²) in [7, 11) is 1.62. The molecule has 1 aromatic rings. The number of nitrogens with zero attached hydrogens (tertiary/aromatic N) is 3. The van der Waals surface area contributed by atoms with Gasteiger partial charge in [0.05, 0.1) is 43.3 Å². The van der Waals surface area contributed by atoms with E-state index in [2.05, 4.69) is 4.98 Å². The number of amides is 2. The van der Waals surface area contributed by atoms with Crippen molar-refractivity contribution in [1.29, 1.82) is 0 Å². The van der Waals surface area contributed by atoms with Crippen LogP contribution in [-0.2, 0) is 25.6 Å². The Morgan fingerprint density at radius 1 is 1.48 bits per heavy atom. The van der Waals surface area contributed by atoms with Crippen molar-refractivity contribution in [1.82, 2.24) is 14.8 Å². The van der Waals surface area contributed by atoms with Gasteiger partial charge in [0.1, 0.15) is 5.60 Å². The zero-order valence-electron chi connectivity index (χ0n) is 15.7. The standard InChI is InChI=1S/C20H25N3O4/c1-3-22(12-14-6-4-5-9-21-14)18(24)16-15-7-8-20(27-15)13-23(10-11-26-2)19(25)17(16)20/h4-9,15-17H,3,10-13H2,1-2H3/t15-,16?,17?,20-/m0/s1. The molecule has 144 valence electrons.